The Labute approximate surface area is 310 Å². The Morgan fingerprint density at radius 1 is 0.635 bits per heavy atom. The quantitative estimate of drug-likeness (QED) is 0.125. The molecule has 0 aliphatic carbocycles. The molecular formula is C38H38N6O6SSe. The second kappa shape index (κ2) is 19.5. The van der Waals surface area contributed by atoms with Crippen LogP contribution in [0.1, 0.15) is 36.1 Å². The average Bonchev–Trinajstić information content (AvgIpc) is 3.16. The number of aromatic nitrogens is 6. The summed E-state index contributed by atoms with van der Waals surface area (Å²) in [6.45, 7) is 4.69. The van der Waals surface area contributed by atoms with Gasteiger partial charge in [-0.2, -0.15) is 0 Å². The molecule has 2 aromatic carbocycles. The first kappa shape index (κ1) is 38.1. The first-order chi connectivity index (χ1) is 25.4. The van der Waals surface area contributed by atoms with Crippen LogP contribution in [0.25, 0.3) is 0 Å². The molecule has 0 saturated heterocycles. The van der Waals surface area contributed by atoms with E-state index in [2.05, 4.69) is 19.9 Å². The number of rotatable bonds is 14. The molecule has 6 aromatic rings. The van der Waals surface area contributed by atoms with Crippen LogP contribution in [0.4, 0.5) is 0 Å². The van der Waals surface area contributed by atoms with Crippen LogP contribution in [0.5, 0.6) is 0 Å². The van der Waals surface area contributed by atoms with Crippen molar-refractivity contribution in [1.82, 2.24) is 29.1 Å². The summed E-state index contributed by atoms with van der Waals surface area (Å²) >= 11 is 1.02. The molecule has 4 heterocycles. The van der Waals surface area contributed by atoms with Crippen LogP contribution in [0, 0.1) is 0 Å². The Hall–Kier alpha value is -5.11. The van der Waals surface area contributed by atoms with Crippen LogP contribution >= 0.6 is 11.8 Å². The van der Waals surface area contributed by atoms with Crippen LogP contribution in [0.15, 0.2) is 139 Å². The van der Waals surface area contributed by atoms with Crippen molar-refractivity contribution in [2.75, 3.05) is 0 Å². The fourth-order valence-electron chi connectivity index (χ4n) is 4.95. The Kier molecular flexibility index (Phi) is 14.3. The molecule has 14 heteroatoms. The molecule has 6 rings (SSSR count). The minimum absolute atomic E-state index is 0.0483. The first-order valence-electron chi connectivity index (χ1n) is 16.5. The zero-order chi connectivity index (χ0) is 36.7. The van der Waals surface area contributed by atoms with Gasteiger partial charge in [0.15, 0.2) is 0 Å². The summed E-state index contributed by atoms with van der Waals surface area (Å²) < 4.78 is 16.0. The van der Waals surface area contributed by atoms with Gasteiger partial charge in [-0.25, -0.2) is 9.78 Å². The normalized spacial score (nSPS) is 10.8. The molecule has 0 fully saturated rings. The van der Waals surface area contributed by atoms with Gasteiger partial charge in [0, 0.05) is 11.8 Å². The van der Waals surface area contributed by atoms with E-state index in [0.717, 1.165) is 15.7 Å². The van der Waals surface area contributed by atoms with Crippen LogP contribution in [0.2, 0.25) is 0 Å². The number of H-pyrrole nitrogens is 2. The molecule has 0 amide bonds. The average molecular weight is 786 g/mol. The van der Waals surface area contributed by atoms with E-state index in [9.17, 15) is 19.2 Å². The molecule has 2 N–H and O–H groups in total. The molecule has 0 bridgehead atoms. The summed E-state index contributed by atoms with van der Waals surface area (Å²) in [6.07, 6.45) is 4.43. The van der Waals surface area contributed by atoms with E-state index in [-0.39, 0.29) is 39.5 Å². The van der Waals surface area contributed by atoms with Gasteiger partial charge in [0.05, 0.1) is 11.6 Å². The third-order valence-corrected chi connectivity index (χ3v) is 11.0. The number of benzene rings is 2. The summed E-state index contributed by atoms with van der Waals surface area (Å²) in [4.78, 5) is 62.5. The van der Waals surface area contributed by atoms with E-state index < -0.39 is 11.4 Å². The van der Waals surface area contributed by atoms with E-state index in [1.807, 2.05) is 111 Å². The van der Waals surface area contributed by atoms with Gasteiger partial charge in [0.25, 0.3) is 5.56 Å². The number of nitrogens with zero attached hydrogens (tertiary/aromatic N) is 4. The van der Waals surface area contributed by atoms with Gasteiger partial charge in [-0.1, -0.05) is 55.1 Å². The summed E-state index contributed by atoms with van der Waals surface area (Å²) in [5.74, 6) is 0. The fourth-order valence-corrected chi connectivity index (χ4v) is 8.24. The maximum absolute atomic E-state index is 12.4. The predicted molar refractivity (Wildman–Crippen MR) is 201 cm³/mol. The second-order valence-electron chi connectivity index (χ2n) is 11.1. The van der Waals surface area contributed by atoms with Gasteiger partial charge >= 0.3 is 162 Å². The van der Waals surface area contributed by atoms with Crippen molar-refractivity contribution in [3.05, 3.63) is 173 Å². The second-order valence-corrected chi connectivity index (χ2v) is 14.2. The van der Waals surface area contributed by atoms with E-state index in [0.29, 0.717) is 51.8 Å². The predicted octanol–water partition coefficient (Wildman–Crippen LogP) is 3.14. The standard InChI is InChI=1S/C19H19N3O3S.C19H19N3O3Se/c2*1-2-15-17(23)21-19(24)22(13-25-12-14-8-4-3-5-9-14)18(15)26-16-10-6-7-11-20-16/h2*3-11H,2,12-13H2,1H3,(H,21,23,24). The van der Waals surface area contributed by atoms with Gasteiger partial charge < -0.3 is 4.74 Å². The molecule has 0 aliphatic heterocycles. The van der Waals surface area contributed by atoms with Crippen molar-refractivity contribution in [3.63, 3.8) is 0 Å². The molecule has 12 nitrogen and oxygen atoms in total. The summed E-state index contributed by atoms with van der Waals surface area (Å²) in [6, 6.07) is 30.6. The molecule has 0 spiro atoms. The van der Waals surface area contributed by atoms with Crippen molar-refractivity contribution in [2.24, 2.45) is 0 Å². The Morgan fingerprint density at radius 3 is 1.69 bits per heavy atom. The maximum atomic E-state index is 12.4. The van der Waals surface area contributed by atoms with Crippen LogP contribution in [-0.2, 0) is 49.0 Å². The number of hydrogen-bond acceptors (Lipinski definition) is 9. The van der Waals surface area contributed by atoms with Gasteiger partial charge in [-0.05, 0) is 24.1 Å². The number of pyridine rings is 2. The van der Waals surface area contributed by atoms with Crippen molar-refractivity contribution in [2.45, 2.75) is 63.4 Å². The molecule has 0 radical (unpaired) electrons. The molecule has 0 aliphatic rings. The van der Waals surface area contributed by atoms with E-state index >= 15 is 0 Å². The van der Waals surface area contributed by atoms with Crippen molar-refractivity contribution in [1.29, 1.82) is 0 Å². The van der Waals surface area contributed by atoms with Gasteiger partial charge in [0.1, 0.15) is 11.8 Å². The third-order valence-electron chi connectivity index (χ3n) is 7.54. The number of aromatic amines is 2. The molecule has 0 unspecified atom stereocenters. The zero-order valence-corrected chi connectivity index (χ0v) is 31.2. The fraction of sp³-hybridized carbons (Fsp3) is 0.211. The van der Waals surface area contributed by atoms with Crippen LogP contribution in [-0.4, -0.2) is 44.0 Å². The molecule has 0 saturated carbocycles. The molecular weight excluding hydrogens is 747 g/mol. The minimum atomic E-state index is -0.487. The van der Waals surface area contributed by atoms with E-state index in [1.165, 1.54) is 20.9 Å². The molecule has 52 heavy (non-hydrogen) atoms. The van der Waals surface area contributed by atoms with Gasteiger partial charge in [0.2, 0.25) is 0 Å². The number of hydrogen-bond donors (Lipinski definition) is 2. The number of nitrogens with one attached hydrogen (secondary N) is 2. The summed E-state index contributed by atoms with van der Waals surface area (Å²) in [5, 5.41) is 1.28. The SMILES string of the molecule is CCc1c(Sc2ccccn2)n(COCc2ccccc2)c(=O)[nH]c1=O.CCc1c([Se]c2ccccn2)n(COCc2ccccc2)c(=O)[nH]c1=O. The molecule has 268 valence electrons. The van der Waals surface area contributed by atoms with Gasteiger partial charge in [-0.15, -0.1) is 0 Å². The van der Waals surface area contributed by atoms with Crippen molar-refractivity contribution in [3.8, 4) is 0 Å². The van der Waals surface area contributed by atoms with Crippen molar-refractivity contribution < 1.29 is 9.47 Å². The number of ether oxygens (including phenoxy) is 2. The van der Waals surface area contributed by atoms with Gasteiger partial charge in [-0.3, -0.25) is 14.3 Å². The zero-order valence-electron chi connectivity index (χ0n) is 28.7. The third kappa shape index (κ3) is 10.5. The Morgan fingerprint density at radius 2 is 1.15 bits per heavy atom. The topological polar surface area (TPSA) is 154 Å². The van der Waals surface area contributed by atoms with E-state index in [4.69, 9.17) is 9.47 Å². The Bertz CT molecular complexity index is 2100. The Balaban J connectivity index is 0.000000201. The van der Waals surface area contributed by atoms with Crippen LogP contribution < -0.4 is 31.7 Å². The van der Waals surface area contributed by atoms with Crippen LogP contribution in [0.3, 0.4) is 0 Å². The first-order valence-corrected chi connectivity index (χ1v) is 19.0. The summed E-state index contributed by atoms with van der Waals surface area (Å²) in [5.41, 5.74) is 1.56. The molecule has 0 atom stereocenters. The van der Waals surface area contributed by atoms with Crippen molar-refractivity contribution >= 4 is 35.9 Å². The van der Waals surface area contributed by atoms with E-state index in [1.54, 1.807) is 12.4 Å². The molecule has 4 aromatic heterocycles. The summed E-state index contributed by atoms with van der Waals surface area (Å²) in [7, 11) is 0. The monoisotopic (exact) mass is 786 g/mol.